The van der Waals surface area contributed by atoms with Crippen molar-refractivity contribution in [1.29, 1.82) is 0 Å². The maximum absolute atomic E-state index is 13.9. The molecule has 286 valence electrons. The Hall–Kier alpha value is -1.42. The number of fused-ring (bicyclic) bond motifs is 2. The van der Waals surface area contributed by atoms with Gasteiger partial charge in [-0.05, 0) is 138 Å². The van der Waals surface area contributed by atoms with E-state index in [1.165, 1.54) is 0 Å². The van der Waals surface area contributed by atoms with Crippen molar-refractivity contribution in [1.82, 2.24) is 5.32 Å². The molecular weight excluding hydrogens is 634 g/mol. The van der Waals surface area contributed by atoms with Crippen LogP contribution in [0.15, 0.2) is 0 Å². The standard InChI is InChI=1S/C41H69NO8/c1-33(2,3)30(42-32(46)50-34(4,5)6)31(45)48-26-15-17-41-22-40(41)19-18-37(11)29(39(13)16-14-27(49-39)36(9,10)47)24(44)21-38(37,12)25(40)20-23(43)28(41)35(26,7)8/h23-30,43-44,47H,14-22H2,1-13H3,(H,42,46). The highest BCUT2D eigenvalue weighted by Crippen LogP contribution is 2.89. The molecule has 5 aliphatic carbocycles. The van der Waals surface area contributed by atoms with E-state index in [9.17, 15) is 24.9 Å². The minimum absolute atomic E-state index is 0.0250. The molecule has 1 heterocycles. The van der Waals surface area contributed by atoms with Gasteiger partial charge in [-0.25, -0.2) is 9.59 Å². The molecule has 0 aromatic heterocycles. The summed E-state index contributed by atoms with van der Waals surface area (Å²) in [5.41, 5.74) is -3.53. The molecule has 13 unspecified atom stereocenters. The van der Waals surface area contributed by atoms with E-state index in [0.29, 0.717) is 19.3 Å². The van der Waals surface area contributed by atoms with Crippen molar-refractivity contribution < 1.29 is 39.1 Å². The van der Waals surface area contributed by atoms with Gasteiger partial charge in [-0.3, -0.25) is 0 Å². The summed E-state index contributed by atoms with van der Waals surface area (Å²) in [5, 5.41) is 37.9. The summed E-state index contributed by atoms with van der Waals surface area (Å²) in [6.45, 7) is 26.0. The van der Waals surface area contributed by atoms with Gasteiger partial charge in [0.1, 0.15) is 17.7 Å². The molecule has 1 aliphatic heterocycles. The van der Waals surface area contributed by atoms with Crippen LogP contribution in [0.2, 0.25) is 0 Å². The summed E-state index contributed by atoms with van der Waals surface area (Å²) in [6, 6.07) is -0.890. The molecule has 6 rings (SSSR count). The van der Waals surface area contributed by atoms with Gasteiger partial charge in [0.15, 0.2) is 0 Å². The van der Waals surface area contributed by atoms with Crippen molar-refractivity contribution in [2.45, 2.75) is 195 Å². The van der Waals surface area contributed by atoms with Crippen LogP contribution >= 0.6 is 0 Å². The van der Waals surface area contributed by atoms with E-state index in [1.54, 1.807) is 20.8 Å². The van der Waals surface area contributed by atoms with Crippen LogP contribution in [0, 0.1) is 50.2 Å². The van der Waals surface area contributed by atoms with Crippen molar-refractivity contribution in [3.63, 3.8) is 0 Å². The number of aliphatic hydroxyl groups excluding tert-OH is 2. The van der Waals surface area contributed by atoms with Crippen LogP contribution in [-0.2, 0) is 19.0 Å². The minimum atomic E-state index is -0.937. The van der Waals surface area contributed by atoms with Crippen molar-refractivity contribution >= 4 is 12.1 Å². The number of hydrogen-bond acceptors (Lipinski definition) is 8. The molecule has 5 saturated carbocycles. The molecule has 9 nitrogen and oxygen atoms in total. The lowest BCUT2D eigenvalue weighted by atomic mass is 9.41. The minimum Gasteiger partial charge on any atom is -0.460 e. The second-order valence-corrected chi connectivity index (χ2v) is 21.7. The number of esters is 1. The third kappa shape index (κ3) is 5.51. The molecule has 50 heavy (non-hydrogen) atoms. The molecule has 0 aromatic carbocycles. The maximum Gasteiger partial charge on any atom is 0.408 e. The van der Waals surface area contributed by atoms with Crippen LogP contribution in [0.4, 0.5) is 4.79 Å². The molecule has 0 aromatic rings. The van der Waals surface area contributed by atoms with E-state index < -0.39 is 64.0 Å². The second-order valence-electron chi connectivity index (χ2n) is 21.7. The maximum atomic E-state index is 13.9. The number of ether oxygens (including phenoxy) is 3. The number of rotatable bonds is 5. The first-order chi connectivity index (χ1) is 22.6. The lowest BCUT2D eigenvalue weighted by Gasteiger charge is -2.64. The Balaban J connectivity index is 1.23. The number of aliphatic hydroxyl groups is 3. The molecule has 1 saturated heterocycles. The summed E-state index contributed by atoms with van der Waals surface area (Å²) in [7, 11) is 0. The van der Waals surface area contributed by atoms with E-state index in [-0.39, 0.29) is 45.5 Å². The summed E-state index contributed by atoms with van der Waals surface area (Å²) < 4.78 is 18.6. The van der Waals surface area contributed by atoms with Gasteiger partial charge >= 0.3 is 12.1 Å². The van der Waals surface area contributed by atoms with Crippen LogP contribution in [0.1, 0.15) is 148 Å². The molecule has 0 radical (unpaired) electrons. The smallest absolute Gasteiger partial charge is 0.408 e. The Morgan fingerprint density at radius 2 is 1.46 bits per heavy atom. The highest BCUT2D eigenvalue weighted by Gasteiger charge is 2.85. The number of hydrogen-bond donors (Lipinski definition) is 4. The topological polar surface area (TPSA) is 135 Å². The van der Waals surface area contributed by atoms with Gasteiger partial charge in [0.2, 0.25) is 0 Å². The summed E-state index contributed by atoms with van der Waals surface area (Å²) >= 11 is 0. The zero-order chi connectivity index (χ0) is 37.5. The fraction of sp³-hybridized carbons (Fsp3) is 0.951. The first kappa shape index (κ1) is 38.3. The number of carbonyl (C=O) groups excluding carboxylic acids is 2. The fourth-order valence-electron chi connectivity index (χ4n) is 13.6. The second kappa shape index (κ2) is 11.3. The van der Waals surface area contributed by atoms with E-state index >= 15 is 0 Å². The summed E-state index contributed by atoms with van der Waals surface area (Å²) in [6.07, 6.45) is 5.34. The Labute approximate surface area is 301 Å². The van der Waals surface area contributed by atoms with Gasteiger partial charge < -0.3 is 34.8 Å². The molecule has 0 bridgehead atoms. The van der Waals surface area contributed by atoms with Gasteiger partial charge in [-0.2, -0.15) is 0 Å². The zero-order valence-electron chi connectivity index (χ0n) is 33.4. The molecule has 4 N–H and O–H groups in total. The third-order valence-electron chi connectivity index (χ3n) is 15.8. The van der Waals surface area contributed by atoms with Gasteiger partial charge in [0, 0.05) is 11.3 Å². The highest BCUT2D eigenvalue weighted by atomic mass is 16.6. The largest absolute Gasteiger partial charge is 0.460 e. The SMILES string of the molecule is CC(C)(C)OC(=O)NC(C(=O)OC1CCC23CC24CCC2(C)C(C5(C)CCC(C(C)(C)O)O5)C(O)CC2(C)C4CC(O)C3C1(C)C)C(C)(C)C. The predicted octanol–water partition coefficient (Wildman–Crippen LogP) is 6.93. The van der Waals surface area contributed by atoms with Crippen molar-refractivity contribution in [3.8, 4) is 0 Å². The lowest BCUT2D eigenvalue weighted by molar-refractivity contribution is -0.219. The molecule has 9 heteroatoms. The van der Waals surface area contributed by atoms with Crippen LogP contribution < -0.4 is 5.32 Å². The number of alkyl carbamates (subject to hydrolysis) is 1. The molecule has 2 spiro atoms. The fourth-order valence-corrected chi connectivity index (χ4v) is 13.6. The average molecular weight is 704 g/mol. The number of nitrogens with one attached hydrogen (secondary N) is 1. The lowest BCUT2D eigenvalue weighted by Crippen LogP contribution is -2.63. The van der Waals surface area contributed by atoms with Crippen LogP contribution in [0.3, 0.4) is 0 Å². The Morgan fingerprint density at radius 3 is 2.02 bits per heavy atom. The first-order valence-corrected chi connectivity index (χ1v) is 19.5. The Morgan fingerprint density at radius 1 is 0.820 bits per heavy atom. The summed E-state index contributed by atoms with van der Waals surface area (Å²) in [5.74, 6) is -0.269. The monoisotopic (exact) mass is 704 g/mol. The van der Waals surface area contributed by atoms with Crippen LogP contribution in [-0.4, -0.2) is 74.6 Å². The quantitative estimate of drug-likeness (QED) is 0.227. The van der Waals surface area contributed by atoms with Gasteiger partial charge in [-0.15, -0.1) is 0 Å². The molecule has 13 atom stereocenters. The predicted molar refractivity (Wildman–Crippen MR) is 191 cm³/mol. The van der Waals surface area contributed by atoms with Crippen molar-refractivity contribution in [3.05, 3.63) is 0 Å². The van der Waals surface area contributed by atoms with Crippen LogP contribution in [0.5, 0.6) is 0 Å². The van der Waals surface area contributed by atoms with E-state index in [0.717, 1.165) is 38.5 Å². The number of amides is 1. The van der Waals surface area contributed by atoms with Gasteiger partial charge in [0.25, 0.3) is 0 Å². The molecule has 6 fully saturated rings. The Kier molecular flexibility index (Phi) is 8.66. The molecule has 6 aliphatic rings. The molecular formula is C41H69NO8. The summed E-state index contributed by atoms with van der Waals surface area (Å²) in [4.78, 5) is 26.6. The van der Waals surface area contributed by atoms with Gasteiger partial charge in [-0.1, -0.05) is 48.5 Å². The third-order valence-corrected chi connectivity index (χ3v) is 15.8. The zero-order valence-corrected chi connectivity index (χ0v) is 33.4. The Bertz CT molecular complexity index is 1380. The van der Waals surface area contributed by atoms with Crippen molar-refractivity contribution in [2.24, 2.45) is 50.2 Å². The number of carbonyl (C=O) groups is 2. The van der Waals surface area contributed by atoms with Crippen molar-refractivity contribution in [2.75, 3.05) is 0 Å². The normalized spacial score (nSPS) is 47.2. The average Bonchev–Trinajstić information content (AvgIpc) is 3.28. The first-order valence-electron chi connectivity index (χ1n) is 19.5. The molecule has 1 amide bonds. The van der Waals surface area contributed by atoms with E-state index in [1.807, 2.05) is 34.6 Å². The van der Waals surface area contributed by atoms with Crippen LogP contribution in [0.25, 0.3) is 0 Å². The highest BCUT2D eigenvalue weighted by molar-refractivity contribution is 5.82. The van der Waals surface area contributed by atoms with E-state index in [4.69, 9.17) is 14.2 Å². The van der Waals surface area contributed by atoms with E-state index in [2.05, 4.69) is 39.9 Å². The van der Waals surface area contributed by atoms with Gasteiger partial charge in [0.05, 0.1) is 29.5 Å².